The predicted octanol–water partition coefficient (Wildman–Crippen LogP) is 4.76. The van der Waals surface area contributed by atoms with Crippen LogP contribution >= 0.6 is 11.3 Å². The number of hydrazone groups is 2. The highest BCUT2D eigenvalue weighted by Gasteiger charge is 2.43. The normalized spacial score (nSPS) is 20.3. The van der Waals surface area contributed by atoms with Crippen LogP contribution in [0.2, 0.25) is 0 Å². The molecule has 3 heterocycles. The summed E-state index contributed by atoms with van der Waals surface area (Å²) in [7, 11) is 1.66. The summed E-state index contributed by atoms with van der Waals surface area (Å²) in [6.45, 7) is 1.57. The third kappa shape index (κ3) is 3.69. The molecule has 32 heavy (non-hydrogen) atoms. The highest BCUT2D eigenvalue weighted by molar-refractivity contribution is 7.08. The van der Waals surface area contributed by atoms with Crippen LogP contribution in [-0.4, -0.2) is 41.5 Å². The van der Waals surface area contributed by atoms with Crippen molar-refractivity contribution < 1.29 is 9.53 Å². The van der Waals surface area contributed by atoms with Crippen molar-refractivity contribution in [2.45, 2.75) is 31.8 Å². The van der Waals surface area contributed by atoms with E-state index in [2.05, 4.69) is 34.0 Å². The van der Waals surface area contributed by atoms with Gasteiger partial charge in [-0.05, 0) is 41.1 Å². The molecule has 0 fully saturated rings. The molecular weight excluding hydrogens is 420 g/mol. The van der Waals surface area contributed by atoms with Gasteiger partial charge in [0.1, 0.15) is 5.75 Å². The summed E-state index contributed by atoms with van der Waals surface area (Å²) < 4.78 is 5.55. The first-order valence-electron chi connectivity index (χ1n) is 10.6. The van der Waals surface area contributed by atoms with Crippen LogP contribution in [0.5, 0.6) is 5.75 Å². The van der Waals surface area contributed by atoms with Gasteiger partial charge >= 0.3 is 0 Å². The van der Waals surface area contributed by atoms with Gasteiger partial charge in [-0.3, -0.25) is 9.80 Å². The summed E-state index contributed by atoms with van der Waals surface area (Å²) in [6.07, 6.45) is 1.38. The van der Waals surface area contributed by atoms with Crippen molar-refractivity contribution in [2.75, 3.05) is 12.1 Å². The van der Waals surface area contributed by atoms with Gasteiger partial charge < -0.3 is 4.74 Å². The Bertz CT molecular complexity index is 1170. The van der Waals surface area contributed by atoms with E-state index in [0.29, 0.717) is 6.42 Å². The van der Waals surface area contributed by atoms with Gasteiger partial charge in [-0.25, -0.2) is 5.01 Å². The van der Waals surface area contributed by atoms with Gasteiger partial charge in [0.2, 0.25) is 5.91 Å². The quantitative estimate of drug-likeness (QED) is 0.570. The molecule has 1 amide bonds. The fraction of sp³-hybridized carbons (Fsp3) is 0.240. The number of rotatable bonds is 5. The summed E-state index contributed by atoms with van der Waals surface area (Å²) in [5.41, 5.74) is 4.97. The summed E-state index contributed by atoms with van der Waals surface area (Å²) >= 11 is 1.66. The van der Waals surface area contributed by atoms with Gasteiger partial charge in [0.25, 0.3) is 0 Å². The third-order valence-electron chi connectivity index (χ3n) is 5.95. The molecule has 0 spiro atoms. The Morgan fingerprint density at radius 2 is 1.72 bits per heavy atom. The van der Waals surface area contributed by atoms with Crippen LogP contribution < -0.4 is 9.75 Å². The molecule has 0 saturated carbocycles. The Kier molecular flexibility index (Phi) is 5.49. The van der Waals surface area contributed by atoms with Crippen molar-refractivity contribution in [2.24, 2.45) is 10.2 Å². The van der Waals surface area contributed by atoms with Gasteiger partial charge in [0.05, 0.1) is 36.3 Å². The molecule has 2 atom stereocenters. The minimum Gasteiger partial charge on any atom is -0.496 e. The van der Waals surface area contributed by atoms with E-state index >= 15 is 0 Å². The first-order chi connectivity index (χ1) is 15.7. The monoisotopic (exact) mass is 444 g/mol. The second-order valence-electron chi connectivity index (χ2n) is 7.89. The van der Waals surface area contributed by atoms with E-state index in [0.717, 1.165) is 40.4 Å². The smallest absolute Gasteiger partial charge is 0.239 e. The molecule has 3 aromatic rings. The average Bonchev–Trinajstić information content (AvgIpc) is 3.58. The molecule has 5 rings (SSSR count). The summed E-state index contributed by atoms with van der Waals surface area (Å²) in [4.78, 5) is 12.6. The highest BCUT2D eigenvalue weighted by Crippen LogP contribution is 2.36. The van der Waals surface area contributed by atoms with Gasteiger partial charge in [0.15, 0.2) is 0 Å². The second-order valence-corrected chi connectivity index (χ2v) is 8.67. The first kappa shape index (κ1) is 20.5. The van der Waals surface area contributed by atoms with E-state index in [1.54, 1.807) is 30.4 Å². The number of carbonyl (C=O) groups is 1. The van der Waals surface area contributed by atoms with Crippen LogP contribution in [0.25, 0.3) is 0 Å². The standard InChI is InChI=1S/C25H24N4O2S/c1-17(30)28-23(15-22(27-28)20-10-6-7-11-25(20)31-2)24-14-21(18-12-13-32-16-18)26-29(24)19-8-4-3-5-9-19/h3-13,16,23-24H,14-15H2,1-2H3/t23-,24-/m0/s1. The number of hydrogen-bond acceptors (Lipinski definition) is 6. The Morgan fingerprint density at radius 1 is 0.969 bits per heavy atom. The molecule has 2 aliphatic heterocycles. The molecule has 0 radical (unpaired) electrons. The molecule has 0 aliphatic carbocycles. The topological polar surface area (TPSA) is 57.5 Å². The molecule has 1 aromatic heterocycles. The number of anilines is 1. The molecule has 0 unspecified atom stereocenters. The molecule has 6 nitrogen and oxygen atoms in total. The molecule has 2 aliphatic rings. The van der Waals surface area contributed by atoms with Crippen molar-refractivity contribution in [1.82, 2.24) is 5.01 Å². The second kappa shape index (κ2) is 8.59. The van der Waals surface area contributed by atoms with E-state index < -0.39 is 0 Å². The summed E-state index contributed by atoms with van der Waals surface area (Å²) in [5.74, 6) is 0.689. The van der Waals surface area contributed by atoms with Crippen LogP contribution in [0.1, 0.15) is 30.9 Å². The van der Waals surface area contributed by atoms with Crippen LogP contribution in [0.4, 0.5) is 5.69 Å². The maximum absolute atomic E-state index is 12.6. The highest BCUT2D eigenvalue weighted by atomic mass is 32.1. The van der Waals surface area contributed by atoms with E-state index in [1.807, 2.05) is 42.5 Å². The van der Waals surface area contributed by atoms with Crippen LogP contribution in [0.3, 0.4) is 0 Å². The van der Waals surface area contributed by atoms with Crippen molar-refractivity contribution >= 4 is 34.4 Å². The van der Waals surface area contributed by atoms with Gasteiger partial charge in [-0.2, -0.15) is 21.5 Å². The number of hydrogen-bond donors (Lipinski definition) is 0. The van der Waals surface area contributed by atoms with Gasteiger partial charge in [0, 0.05) is 30.9 Å². The lowest BCUT2D eigenvalue weighted by Crippen LogP contribution is -2.46. The number of ether oxygens (including phenoxy) is 1. The third-order valence-corrected chi connectivity index (χ3v) is 6.63. The molecule has 0 N–H and O–H groups in total. The van der Waals surface area contributed by atoms with E-state index in [1.165, 1.54) is 0 Å². The van der Waals surface area contributed by atoms with Crippen molar-refractivity contribution in [1.29, 1.82) is 0 Å². The maximum atomic E-state index is 12.6. The summed E-state index contributed by atoms with van der Waals surface area (Å²) in [6, 6.07) is 19.9. The Balaban J connectivity index is 1.51. The number of carbonyl (C=O) groups excluding carboxylic acids is 1. The number of nitrogens with zero attached hydrogens (tertiary/aromatic N) is 4. The molecule has 162 valence electrons. The predicted molar refractivity (Wildman–Crippen MR) is 129 cm³/mol. The molecule has 0 saturated heterocycles. The SMILES string of the molecule is COc1ccccc1C1=NN(C(C)=O)[C@H]([C@@H]2CC(c3ccsc3)=NN2c2ccccc2)C1. The Hall–Kier alpha value is -3.45. The molecule has 7 heteroatoms. The lowest BCUT2D eigenvalue weighted by Gasteiger charge is -2.32. The minimum atomic E-state index is -0.132. The fourth-order valence-electron chi connectivity index (χ4n) is 4.44. The van der Waals surface area contributed by atoms with Crippen LogP contribution in [0, 0.1) is 0 Å². The Morgan fingerprint density at radius 3 is 2.44 bits per heavy atom. The first-order valence-corrected chi connectivity index (χ1v) is 11.5. The van der Waals surface area contributed by atoms with Crippen molar-refractivity contribution in [3.8, 4) is 5.75 Å². The zero-order valence-electron chi connectivity index (χ0n) is 18.0. The minimum absolute atomic E-state index is 0.0212. The van der Waals surface area contributed by atoms with Crippen molar-refractivity contribution in [3.63, 3.8) is 0 Å². The van der Waals surface area contributed by atoms with Crippen LogP contribution in [0.15, 0.2) is 81.6 Å². The molecule has 2 aromatic carbocycles. The van der Waals surface area contributed by atoms with E-state index in [9.17, 15) is 4.79 Å². The fourth-order valence-corrected chi connectivity index (χ4v) is 5.11. The maximum Gasteiger partial charge on any atom is 0.239 e. The number of thiophene rings is 1. The van der Waals surface area contributed by atoms with Crippen LogP contribution in [-0.2, 0) is 4.79 Å². The lowest BCUT2D eigenvalue weighted by molar-refractivity contribution is -0.130. The Labute approximate surface area is 191 Å². The van der Waals surface area contributed by atoms with Crippen molar-refractivity contribution in [3.05, 3.63) is 82.6 Å². The van der Waals surface area contributed by atoms with Gasteiger partial charge in [-0.15, -0.1) is 0 Å². The number of methoxy groups -OCH3 is 1. The largest absolute Gasteiger partial charge is 0.496 e. The van der Waals surface area contributed by atoms with E-state index in [-0.39, 0.29) is 18.0 Å². The van der Waals surface area contributed by atoms with E-state index in [4.69, 9.17) is 14.9 Å². The zero-order valence-corrected chi connectivity index (χ0v) is 18.8. The number of benzene rings is 2. The molecule has 0 bridgehead atoms. The van der Waals surface area contributed by atoms with Gasteiger partial charge in [-0.1, -0.05) is 30.3 Å². The molecular formula is C25H24N4O2S. The zero-order chi connectivity index (χ0) is 22.1. The number of para-hydroxylation sites is 2. The number of amides is 1. The average molecular weight is 445 g/mol. The lowest BCUT2D eigenvalue weighted by atomic mass is 9.94. The summed E-state index contributed by atoms with van der Waals surface area (Å²) in [5, 5.41) is 17.6.